The molecule has 0 aromatic heterocycles. The van der Waals surface area contributed by atoms with Gasteiger partial charge in [0.25, 0.3) is 0 Å². The van der Waals surface area contributed by atoms with E-state index in [0.717, 1.165) is 32.5 Å². The summed E-state index contributed by atoms with van der Waals surface area (Å²) < 4.78 is 0. The number of rotatable bonds is 2. The number of piperazine rings is 2. The van der Waals surface area contributed by atoms with E-state index < -0.39 is 0 Å². The van der Waals surface area contributed by atoms with Crippen LogP contribution in [0, 0.1) is 6.92 Å². The highest BCUT2D eigenvalue weighted by Crippen LogP contribution is 2.29. The number of carbonyl (C=O) groups is 2. The van der Waals surface area contributed by atoms with E-state index in [-0.39, 0.29) is 23.9 Å². The maximum Gasteiger partial charge on any atom is 0.247 e. The lowest BCUT2D eigenvalue weighted by molar-refractivity contribution is -0.163. The molecule has 0 bridgehead atoms. The standard InChI is InChI=1S/C18H23N3O2/c1-13-4-2-5-14(10-13)11-19-8-9-21-16(12-19)18(23)20-7-3-6-15(20)17(21)22/h2,4-5,10,15-16H,3,6-9,11-12H2,1H3/t15-,16-/m1/s1. The Hall–Kier alpha value is -1.88. The molecule has 3 aliphatic rings. The summed E-state index contributed by atoms with van der Waals surface area (Å²) in [5.41, 5.74) is 2.53. The van der Waals surface area contributed by atoms with E-state index in [4.69, 9.17) is 0 Å². The smallest absolute Gasteiger partial charge is 0.247 e. The third-order valence-corrected chi connectivity index (χ3v) is 5.34. The molecule has 2 amide bonds. The van der Waals surface area contributed by atoms with Crippen molar-refractivity contribution in [1.29, 1.82) is 0 Å². The lowest BCUT2D eigenvalue weighted by Gasteiger charge is -2.47. The number of hydrogen-bond donors (Lipinski definition) is 0. The van der Waals surface area contributed by atoms with Crippen LogP contribution in [0.3, 0.4) is 0 Å². The summed E-state index contributed by atoms with van der Waals surface area (Å²) in [5.74, 6) is 0.323. The molecule has 3 saturated heterocycles. The Morgan fingerprint density at radius 1 is 1.04 bits per heavy atom. The van der Waals surface area contributed by atoms with E-state index in [2.05, 4.69) is 36.1 Å². The minimum Gasteiger partial charge on any atom is -0.329 e. The van der Waals surface area contributed by atoms with E-state index in [1.807, 2.05) is 9.80 Å². The van der Waals surface area contributed by atoms with Crippen LogP contribution in [0.4, 0.5) is 0 Å². The molecule has 5 heteroatoms. The summed E-state index contributed by atoms with van der Waals surface area (Å²) in [5, 5.41) is 0. The molecule has 0 saturated carbocycles. The Morgan fingerprint density at radius 2 is 1.83 bits per heavy atom. The molecule has 0 unspecified atom stereocenters. The first-order valence-electron chi connectivity index (χ1n) is 8.52. The van der Waals surface area contributed by atoms with Gasteiger partial charge in [0.2, 0.25) is 11.8 Å². The van der Waals surface area contributed by atoms with Crippen LogP contribution in [0.2, 0.25) is 0 Å². The monoisotopic (exact) mass is 313 g/mol. The van der Waals surface area contributed by atoms with Crippen molar-refractivity contribution in [3.63, 3.8) is 0 Å². The zero-order valence-corrected chi connectivity index (χ0v) is 13.6. The normalized spacial score (nSPS) is 28.0. The predicted molar refractivity (Wildman–Crippen MR) is 86.7 cm³/mol. The third kappa shape index (κ3) is 2.53. The van der Waals surface area contributed by atoms with E-state index in [1.54, 1.807) is 0 Å². The van der Waals surface area contributed by atoms with Crippen LogP contribution in [-0.2, 0) is 16.1 Å². The fourth-order valence-corrected chi connectivity index (χ4v) is 4.20. The van der Waals surface area contributed by atoms with Crippen molar-refractivity contribution in [2.45, 2.75) is 38.4 Å². The molecule has 5 nitrogen and oxygen atoms in total. The molecular formula is C18H23N3O2. The van der Waals surface area contributed by atoms with Crippen LogP contribution in [0.5, 0.6) is 0 Å². The summed E-state index contributed by atoms with van der Waals surface area (Å²) in [6, 6.07) is 8.03. The second-order valence-corrected chi connectivity index (χ2v) is 6.96. The minimum absolute atomic E-state index is 0.154. The minimum atomic E-state index is -0.282. The molecule has 4 rings (SSSR count). The summed E-state index contributed by atoms with van der Waals surface area (Å²) in [6.45, 7) is 5.86. The Bertz CT molecular complexity index is 645. The van der Waals surface area contributed by atoms with Crippen LogP contribution in [0.1, 0.15) is 24.0 Å². The first-order chi connectivity index (χ1) is 11.1. The second kappa shape index (κ2) is 5.64. The van der Waals surface area contributed by atoms with Gasteiger partial charge in [0.1, 0.15) is 12.1 Å². The molecule has 122 valence electrons. The number of benzene rings is 1. The number of carbonyl (C=O) groups excluding carboxylic acids is 2. The van der Waals surface area contributed by atoms with E-state index in [9.17, 15) is 9.59 Å². The quantitative estimate of drug-likeness (QED) is 0.818. The average Bonchev–Trinajstić information content (AvgIpc) is 3.03. The number of nitrogens with zero attached hydrogens (tertiary/aromatic N) is 3. The van der Waals surface area contributed by atoms with Gasteiger partial charge in [-0.25, -0.2) is 0 Å². The molecule has 3 heterocycles. The zero-order chi connectivity index (χ0) is 16.0. The molecular weight excluding hydrogens is 290 g/mol. The summed E-state index contributed by atoms with van der Waals surface area (Å²) >= 11 is 0. The Balaban J connectivity index is 1.49. The molecule has 0 radical (unpaired) electrons. The lowest BCUT2D eigenvalue weighted by Crippen LogP contribution is -2.68. The van der Waals surface area contributed by atoms with Crippen molar-refractivity contribution in [2.24, 2.45) is 0 Å². The fourth-order valence-electron chi connectivity index (χ4n) is 4.20. The van der Waals surface area contributed by atoms with Gasteiger partial charge in [0.05, 0.1) is 0 Å². The Labute approximate surface area is 136 Å². The molecule has 3 fully saturated rings. The van der Waals surface area contributed by atoms with Gasteiger partial charge in [-0.15, -0.1) is 0 Å². The predicted octanol–water partition coefficient (Wildman–Crippen LogP) is 1.01. The van der Waals surface area contributed by atoms with Crippen molar-refractivity contribution in [1.82, 2.24) is 14.7 Å². The molecule has 0 aliphatic carbocycles. The first kappa shape index (κ1) is 14.7. The molecule has 1 aromatic carbocycles. The highest BCUT2D eigenvalue weighted by Gasteiger charge is 2.49. The summed E-state index contributed by atoms with van der Waals surface area (Å²) in [7, 11) is 0. The Morgan fingerprint density at radius 3 is 2.65 bits per heavy atom. The highest BCUT2D eigenvalue weighted by atomic mass is 16.2. The number of hydrogen-bond acceptors (Lipinski definition) is 3. The van der Waals surface area contributed by atoms with Crippen molar-refractivity contribution >= 4 is 11.8 Å². The first-order valence-corrected chi connectivity index (χ1v) is 8.52. The third-order valence-electron chi connectivity index (χ3n) is 5.34. The molecule has 1 aromatic rings. The van der Waals surface area contributed by atoms with Gasteiger partial charge < -0.3 is 9.80 Å². The van der Waals surface area contributed by atoms with Crippen LogP contribution in [-0.4, -0.2) is 64.8 Å². The maximum absolute atomic E-state index is 12.7. The van der Waals surface area contributed by atoms with Crippen molar-refractivity contribution < 1.29 is 9.59 Å². The van der Waals surface area contributed by atoms with Crippen LogP contribution >= 0.6 is 0 Å². The molecule has 0 N–H and O–H groups in total. The zero-order valence-electron chi connectivity index (χ0n) is 13.6. The SMILES string of the molecule is Cc1cccc(CN2CCN3C(=O)[C@H]4CCCN4C(=O)[C@H]3C2)c1. The van der Waals surface area contributed by atoms with Gasteiger partial charge in [-0.3, -0.25) is 14.5 Å². The summed E-state index contributed by atoms with van der Waals surface area (Å²) in [6.07, 6.45) is 1.79. The van der Waals surface area contributed by atoms with E-state index in [0.29, 0.717) is 13.1 Å². The van der Waals surface area contributed by atoms with Crippen LogP contribution in [0.15, 0.2) is 24.3 Å². The topological polar surface area (TPSA) is 43.9 Å². The van der Waals surface area contributed by atoms with Gasteiger partial charge >= 0.3 is 0 Å². The van der Waals surface area contributed by atoms with Crippen molar-refractivity contribution in [3.8, 4) is 0 Å². The van der Waals surface area contributed by atoms with E-state index >= 15 is 0 Å². The molecule has 23 heavy (non-hydrogen) atoms. The van der Waals surface area contributed by atoms with E-state index in [1.165, 1.54) is 11.1 Å². The van der Waals surface area contributed by atoms with Crippen molar-refractivity contribution in [2.75, 3.05) is 26.2 Å². The van der Waals surface area contributed by atoms with Crippen LogP contribution < -0.4 is 0 Å². The Kier molecular flexibility index (Phi) is 3.60. The second-order valence-electron chi connectivity index (χ2n) is 6.96. The molecule has 2 atom stereocenters. The van der Waals surface area contributed by atoms with Crippen LogP contribution in [0.25, 0.3) is 0 Å². The van der Waals surface area contributed by atoms with Gasteiger partial charge in [0, 0.05) is 32.7 Å². The van der Waals surface area contributed by atoms with Gasteiger partial charge in [0.15, 0.2) is 0 Å². The van der Waals surface area contributed by atoms with Crippen molar-refractivity contribution in [3.05, 3.63) is 35.4 Å². The highest BCUT2D eigenvalue weighted by molar-refractivity contribution is 5.97. The maximum atomic E-state index is 12.7. The average molecular weight is 313 g/mol. The molecule has 0 spiro atoms. The fraction of sp³-hybridized carbons (Fsp3) is 0.556. The largest absolute Gasteiger partial charge is 0.329 e. The number of aryl methyl sites for hydroxylation is 1. The summed E-state index contributed by atoms with van der Waals surface area (Å²) in [4.78, 5) is 31.3. The lowest BCUT2D eigenvalue weighted by atomic mass is 10.0. The number of fused-ring (bicyclic) bond motifs is 2. The van der Waals surface area contributed by atoms with Gasteiger partial charge in [-0.1, -0.05) is 29.8 Å². The number of amides is 2. The van der Waals surface area contributed by atoms with Gasteiger partial charge in [-0.2, -0.15) is 0 Å². The van der Waals surface area contributed by atoms with Gasteiger partial charge in [-0.05, 0) is 25.3 Å². The molecule has 3 aliphatic heterocycles.